The molecule has 10 heteroatoms. The molecule has 0 saturated carbocycles. The smallest absolute Gasteiger partial charge is 0.248 e. The monoisotopic (exact) mass is 572 g/mol. The number of nitrogens with zero attached hydrogens (tertiary/aromatic N) is 2. The van der Waals surface area contributed by atoms with Gasteiger partial charge in [-0.1, -0.05) is 45.0 Å². The molecule has 2 amide bonds. The number of primary amides is 1. The zero-order valence-corrected chi connectivity index (χ0v) is 25.1. The lowest BCUT2D eigenvalue weighted by molar-refractivity contribution is -0.120. The SMILES string of the molecule is C=C(N)c1ccc2c(c1)CCc1cc(C(N)=O)ccc1C2(C[C@H](C)NCC(=O)NC(C#N)C[C@@H](C)CC)/C(N)=N/NC. The number of aryl methyl sites for hydroxylation is 2. The molecule has 4 atom stereocenters. The number of amides is 2. The van der Waals surface area contributed by atoms with E-state index in [-0.39, 0.29) is 18.5 Å². The van der Waals surface area contributed by atoms with E-state index < -0.39 is 17.4 Å². The maximum atomic E-state index is 12.8. The number of hydrogen-bond acceptors (Lipinski definition) is 7. The summed E-state index contributed by atoms with van der Waals surface area (Å²) < 4.78 is 0. The molecule has 0 aromatic heterocycles. The van der Waals surface area contributed by atoms with Gasteiger partial charge in [-0.15, -0.1) is 0 Å². The standard InChI is InChI=1S/C32H44N8O2/c1-6-19(2)13-26(17-33)39-29(41)18-38-20(3)16-32(31(36)40-37-5)27-11-9-22(21(4)34)14-23(27)7-8-24-15-25(30(35)42)10-12-28(24)32/h9-12,14-15,19-20,26,37-38H,4,6-8,13,16,18,34H2,1-3,5H3,(H2,35,42)(H2,36,40)(H,39,41)/t19-,20-,26?,32?/m0/s1. The summed E-state index contributed by atoms with van der Waals surface area (Å²) in [5, 5.41) is 20.2. The van der Waals surface area contributed by atoms with Crippen molar-refractivity contribution in [2.24, 2.45) is 28.2 Å². The molecule has 1 aliphatic rings. The van der Waals surface area contributed by atoms with Crippen molar-refractivity contribution in [3.05, 3.63) is 76.4 Å². The predicted molar refractivity (Wildman–Crippen MR) is 167 cm³/mol. The van der Waals surface area contributed by atoms with Crippen molar-refractivity contribution in [2.75, 3.05) is 13.6 Å². The second-order valence-corrected chi connectivity index (χ2v) is 11.2. The van der Waals surface area contributed by atoms with Crippen LogP contribution in [0.25, 0.3) is 5.70 Å². The molecule has 42 heavy (non-hydrogen) atoms. The van der Waals surface area contributed by atoms with E-state index in [1.54, 1.807) is 13.1 Å². The van der Waals surface area contributed by atoms with Crippen molar-refractivity contribution in [1.29, 1.82) is 5.26 Å². The summed E-state index contributed by atoms with van der Waals surface area (Å²) in [6.07, 6.45) is 3.31. The number of carbonyl (C=O) groups excluding carboxylic acids is 2. The highest BCUT2D eigenvalue weighted by atomic mass is 16.2. The van der Waals surface area contributed by atoms with E-state index in [0.29, 0.717) is 48.7 Å². The van der Waals surface area contributed by atoms with Gasteiger partial charge in [0, 0.05) is 24.4 Å². The second kappa shape index (κ2) is 14.0. The summed E-state index contributed by atoms with van der Waals surface area (Å²) >= 11 is 0. The number of fused-ring (bicyclic) bond motifs is 2. The average molecular weight is 573 g/mol. The number of carbonyl (C=O) groups is 2. The van der Waals surface area contributed by atoms with E-state index >= 15 is 0 Å². The van der Waals surface area contributed by atoms with Gasteiger partial charge in [-0.05, 0) is 84.5 Å². The number of nitriles is 1. The van der Waals surface area contributed by atoms with Crippen LogP contribution < -0.4 is 33.3 Å². The number of rotatable bonds is 13. The highest BCUT2D eigenvalue weighted by Gasteiger charge is 2.44. The number of hydrogen-bond donors (Lipinski definition) is 6. The van der Waals surface area contributed by atoms with Gasteiger partial charge in [-0.3, -0.25) is 9.59 Å². The van der Waals surface area contributed by atoms with Crippen molar-refractivity contribution >= 4 is 23.3 Å². The Kier molecular flexibility index (Phi) is 10.7. The summed E-state index contributed by atoms with van der Waals surface area (Å²) in [7, 11) is 1.69. The number of amidine groups is 1. The topological polar surface area (TPSA) is 184 Å². The first-order valence-electron chi connectivity index (χ1n) is 14.4. The Morgan fingerprint density at radius 1 is 1.07 bits per heavy atom. The molecule has 0 spiro atoms. The number of nitrogens with two attached hydrogens (primary N) is 3. The third-order valence-electron chi connectivity index (χ3n) is 8.17. The summed E-state index contributed by atoms with van der Waals surface area (Å²) in [6, 6.07) is 12.9. The number of hydrazone groups is 1. The van der Waals surface area contributed by atoms with E-state index in [1.165, 1.54) is 0 Å². The zero-order valence-electron chi connectivity index (χ0n) is 25.1. The average Bonchev–Trinajstić information content (AvgIpc) is 3.10. The molecule has 224 valence electrons. The Morgan fingerprint density at radius 3 is 2.19 bits per heavy atom. The van der Waals surface area contributed by atoms with Gasteiger partial charge in [0.1, 0.15) is 11.9 Å². The normalized spacial score (nSPS) is 18.3. The van der Waals surface area contributed by atoms with Crippen LogP contribution in [-0.4, -0.2) is 43.3 Å². The fourth-order valence-electron chi connectivity index (χ4n) is 5.77. The number of nitrogens with one attached hydrogen (secondary N) is 3. The Morgan fingerprint density at radius 2 is 1.67 bits per heavy atom. The van der Waals surface area contributed by atoms with Crippen molar-refractivity contribution in [2.45, 2.75) is 70.4 Å². The fourth-order valence-corrected chi connectivity index (χ4v) is 5.77. The first kappa shape index (κ1) is 32.2. The lowest BCUT2D eigenvalue weighted by atomic mass is 9.67. The third kappa shape index (κ3) is 7.09. The molecule has 2 unspecified atom stereocenters. The van der Waals surface area contributed by atoms with Gasteiger partial charge < -0.3 is 33.3 Å². The van der Waals surface area contributed by atoms with Gasteiger partial charge in [-0.25, -0.2) is 0 Å². The molecule has 0 saturated heterocycles. The largest absolute Gasteiger partial charge is 0.399 e. The minimum absolute atomic E-state index is 0.0330. The van der Waals surface area contributed by atoms with Crippen molar-refractivity contribution in [3.63, 3.8) is 0 Å². The molecular weight excluding hydrogens is 528 g/mol. The Labute approximate surface area is 248 Å². The fraction of sp³-hybridized carbons (Fsp3) is 0.438. The van der Waals surface area contributed by atoms with Crippen LogP contribution in [0, 0.1) is 17.2 Å². The zero-order chi connectivity index (χ0) is 31.0. The van der Waals surface area contributed by atoms with Crippen molar-refractivity contribution in [1.82, 2.24) is 16.1 Å². The quantitative estimate of drug-likeness (QED) is 0.121. The van der Waals surface area contributed by atoms with Crippen molar-refractivity contribution in [3.8, 4) is 6.07 Å². The summed E-state index contributed by atoms with van der Waals surface area (Å²) in [4.78, 5) is 24.9. The number of benzene rings is 2. The lowest BCUT2D eigenvalue weighted by Gasteiger charge is -2.38. The van der Waals surface area contributed by atoms with Crippen LogP contribution in [0.4, 0.5) is 0 Å². The van der Waals surface area contributed by atoms with Gasteiger partial charge in [-0.2, -0.15) is 10.4 Å². The van der Waals surface area contributed by atoms with Crippen LogP contribution in [0.15, 0.2) is 48.1 Å². The van der Waals surface area contributed by atoms with E-state index in [9.17, 15) is 14.9 Å². The highest BCUT2D eigenvalue weighted by molar-refractivity contribution is 5.98. The molecule has 0 aliphatic heterocycles. The molecule has 2 aromatic carbocycles. The Bertz CT molecular complexity index is 1330. The molecule has 0 heterocycles. The molecule has 0 radical (unpaired) electrons. The summed E-state index contributed by atoms with van der Waals surface area (Å²) in [5.74, 6) is -0.0782. The Balaban J connectivity index is 2.05. The van der Waals surface area contributed by atoms with Crippen LogP contribution in [0.5, 0.6) is 0 Å². The molecule has 9 N–H and O–H groups in total. The van der Waals surface area contributed by atoms with Gasteiger partial charge in [0.15, 0.2) is 0 Å². The maximum Gasteiger partial charge on any atom is 0.248 e. The third-order valence-corrected chi connectivity index (χ3v) is 8.17. The lowest BCUT2D eigenvalue weighted by Crippen LogP contribution is -2.49. The van der Waals surface area contributed by atoms with Gasteiger partial charge in [0.05, 0.1) is 18.0 Å². The predicted octanol–water partition coefficient (Wildman–Crippen LogP) is 2.40. The van der Waals surface area contributed by atoms with E-state index in [1.807, 2.05) is 37.3 Å². The maximum absolute atomic E-state index is 12.8. The molecule has 0 bridgehead atoms. The highest BCUT2D eigenvalue weighted by Crippen LogP contribution is 2.44. The van der Waals surface area contributed by atoms with Crippen LogP contribution in [-0.2, 0) is 23.1 Å². The van der Waals surface area contributed by atoms with Crippen LogP contribution >= 0.6 is 0 Å². The van der Waals surface area contributed by atoms with Crippen LogP contribution in [0.1, 0.15) is 78.2 Å². The molecule has 3 rings (SSSR count). The second-order valence-electron chi connectivity index (χ2n) is 11.2. The molecule has 1 aliphatic carbocycles. The van der Waals surface area contributed by atoms with Crippen LogP contribution in [0.3, 0.4) is 0 Å². The molecule has 2 aromatic rings. The van der Waals surface area contributed by atoms with E-state index in [0.717, 1.165) is 34.2 Å². The van der Waals surface area contributed by atoms with Crippen molar-refractivity contribution < 1.29 is 9.59 Å². The summed E-state index contributed by atoms with van der Waals surface area (Å²) in [5.41, 5.74) is 26.0. The molecular formula is C32H44N8O2. The van der Waals surface area contributed by atoms with E-state index in [4.69, 9.17) is 17.2 Å². The Hall–Kier alpha value is -4.36. The minimum atomic E-state index is -0.913. The van der Waals surface area contributed by atoms with Gasteiger partial charge in [0.25, 0.3) is 0 Å². The summed E-state index contributed by atoms with van der Waals surface area (Å²) in [6.45, 7) is 10.1. The first-order valence-corrected chi connectivity index (χ1v) is 14.4. The molecule has 0 fully saturated rings. The van der Waals surface area contributed by atoms with Gasteiger partial charge >= 0.3 is 0 Å². The molecule has 10 nitrogen and oxygen atoms in total. The minimum Gasteiger partial charge on any atom is -0.399 e. The van der Waals surface area contributed by atoms with Gasteiger partial charge in [0.2, 0.25) is 11.8 Å². The van der Waals surface area contributed by atoms with Crippen LogP contribution in [0.2, 0.25) is 0 Å². The van der Waals surface area contributed by atoms with E-state index in [2.05, 4.69) is 47.7 Å². The first-order chi connectivity index (χ1) is 20.0.